The van der Waals surface area contributed by atoms with Gasteiger partial charge in [0.15, 0.2) is 0 Å². The lowest BCUT2D eigenvalue weighted by Gasteiger charge is -2.37. The number of piperazine rings is 1. The van der Waals surface area contributed by atoms with Crippen LogP contribution in [0.5, 0.6) is 0 Å². The molecule has 1 unspecified atom stereocenters. The van der Waals surface area contributed by atoms with Crippen LogP contribution in [0.2, 0.25) is 0 Å². The second-order valence-corrected chi connectivity index (χ2v) is 6.35. The zero-order valence-electron chi connectivity index (χ0n) is 12.7. The van der Waals surface area contributed by atoms with Gasteiger partial charge in [-0.15, -0.1) is 0 Å². The first-order valence-electron chi connectivity index (χ1n) is 7.85. The summed E-state index contributed by atoms with van der Waals surface area (Å²) >= 11 is 0. The monoisotopic (exact) mass is 281 g/mol. The summed E-state index contributed by atoms with van der Waals surface area (Å²) in [5.74, 6) is 1.04. The van der Waals surface area contributed by atoms with Gasteiger partial charge in [0.1, 0.15) is 0 Å². The Hall–Kier alpha value is -1.10. The van der Waals surface area contributed by atoms with Gasteiger partial charge in [-0.25, -0.2) is 0 Å². The molecule has 0 saturated carbocycles. The normalized spacial score (nSPS) is 24.1. The highest BCUT2D eigenvalue weighted by molar-refractivity contribution is 5.80. The maximum atomic E-state index is 12.4. The average Bonchev–Trinajstić information content (AvgIpc) is 2.47. The average molecular weight is 281 g/mol. The highest BCUT2D eigenvalue weighted by atomic mass is 16.2. The van der Waals surface area contributed by atoms with E-state index in [1.54, 1.807) is 0 Å². The minimum atomic E-state index is 0.140. The van der Waals surface area contributed by atoms with Crippen molar-refractivity contribution in [1.29, 1.82) is 0 Å². The van der Waals surface area contributed by atoms with E-state index in [1.165, 1.54) is 0 Å². The van der Waals surface area contributed by atoms with Crippen molar-refractivity contribution in [3.63, 3.8) is 0 Å². The van der Waals surface area contributed by atoms with Crippen LogP contribution < -0.4 is 5.32 Å². The smallest absolute Gasteiger partial charge is 0.227 e. The Bertz CT molecular complexity index is 343. The number of piperidine rings is 1. The van der Waals surface area contributed by atoms with Crippen LogP contribution in [-0.2, 0) is 9.59 Å². The third kappa shape index (κ3) is 3.95. The molecule has 1 atom stereocenters. The van der Waals surface area contributed by atoms with Crippen LogP contribution in [0.15, 0.2) is 0 Å². The van der Waals surface area contributed by atoms with Gasteiger partial charge in [0, 0.05) is 39.1 Å². The molecule has 5 heteroatoms. The van der Waals surface area contributed by atoms with Crippen molar-refractivity contribution in [2.75, 3.05) is 39.3 Å². The third-order valence-corrected chi connectivity index (χ3v) is 4.17. The summed E-state index contributed by atoms with van der Waals surface area (Å²) in [6.07, 6.45) is 2.70. The van der Waals surface area contributed by atoms with Gasteiger partial charge >= 0.3 is 0 Å². The number of nitrogens with one attached hydrogen (secondary N) is 1. The molecule has 2 amide bonds. The molecule has 1 N–H and O–H groups in total. The second kappa shape index (κ2) is 7.07. The quantitative estimate of drug-likeness (QED) is 0.828. The van der Waals surface area contributed by atoms with Gasteiger partial charge in [-0.3, -0.25) is 9.59 Å². The molecule has 0 aliphatic carbocycles. The van der Waals surface area contributed by atoms with Crippen molar-refractivity contribution < 1.29 is 9.59 Å². The van der Waals surface area contributed by atoms with Gasteiger partial charge in [-0.1, -0.05) is 13.8 Å². The summed E-state index contributed by atoms with van der Waals surface area (Å²) in [6, 6.07) is 0. The maximum absolute atomic E-state index is 12.4. The number of carbonyl (C=O) groups is 2. The van der Waals surface area contributed by atoms with Gasteiger partial charge in [0.05, 0.1) is 5.92 Å². The first-order valence-corrected chi connectivity index (χ1v) is 7.85. The summed E-state index contributed by atoms with van der Waals surface area (Å²) in [5, 5.41) is 3.29. The van der Waals surface area contributed by atoms with Crippen molar-refractivity contribution in [2.24, 2.45) is 11.8 Å². The van der Waals surface area contributed by atoms with E-state index >= 15 is 0 Å². The Balaban J connectivity index is 1.78. The van der Waals surface area contributed by atoms with E-state index in [-0.39, 0.29) is 17.7 Å². The first kappa shape index (κ1) is 15.3. The van der Waals surface area contributed by atoms with E-state index in [9.17, 15) is 9.59 Å². The molecule has 0 radical (unpaired) electrons. The minimum absolute atomic E-state index is 0.140. The Labute approximate surface area is 121 Å². The van der Waals surface area contributed by atoms with Gasteiger partial charge in [0.25, 0.3) is 0 Å². The van der Waals surface area contributed by atoms with E-state index in [0.717, 1.165) is 25.9 Å². The molecule has 2 heterocycles. The van der Waals surface area contributed by atoms with Gasteiger partial charge in [-0.05, 0) is 25.3 Å². The number of rotatable bonds is 3. The minimum Gasteiger partial charge on any atom is -0.339 e. The fourth-order valence-corrected chi connectivity index (χ4v) is 2.98. The largest absolute Gasteiger partial charge is 0.339 e. The predicted octanol–water partition coefficient (Wildman–Crippen LogP) is 0.703. The van der Waals surface area contributed by atoms with Gasteiger partial charge < -0.3 is 15.1 Å². The van der Waals surface area contributed by atoms with Crippen LogP contribution in [0.25, 0.3) is 0 Å². The highest BCUT2D eigenvalue weighted by Crippen LogP contribution is 2.15. The predicted molar refractivity (Wildman–Crippen MR) is 78.2 cm³/mol. The Morgan fingerprint density at radius 2 is 1.80 bits per heavy atom. The third-order valence-electron chi connectivity index (χ3n) is 4.17. The molecule has 114 valence electrons. The second-order valence-electron chi connectivity index (χ2n) is 6.35. The lowest BCUT2D eigenvalue weighted by atomic mass is 9.98. The molecule has 0 spiro atoms. The highest BCUT2D eigenvalue weighted by Gasteiger charge is 2.29. The summed E-state index contributed by atoms with van der Waals surface area (Å²) in [7, 11) is 0. The molecule has 0 aromatic carbocycles. The van der Waals surface area contributed by atoms with Crippen LogP contribution in [0.1, 0.15) is 33.1 Å². The van der Waals surface area contributed by atoms with Crippen molar-refractivity contribution in [1.82, 2.24) is 15.1 Å². The summed E-state index contributed by atoms with van der Waals surface area (Å²) in [4.78, 5) is 28.2. The van der Waals surface area contributed by atoms with Crippen LogP contribution in [-0.4, -0.2) is 60.9 Å². The molecular formula is C15H27N3O2. The van der Waals surface area contributed by atoms with E-state index in [0.29, 0.717) is 38.5 Å². The van der Waals surface area contributed by atoms with E-state index in [1.807, 2.05) is 9.80 Å². The zero-order valence-corrected chi connectivity index (χ0v) is 12.7. The SMILES string of the molecule is CC(C)CC(=O)N1CCN(C(=O)C2CCCNC2)CC1. The molecular weight excluding hydrogens is 254 g/mol. The van der Waals surface area contributed by atoms with Crippen molar-refractivity contribution in [3.8, 4) is 0 Å². The number of carbonyl (C=O) groups excluding carboxylic acids is 2. The number of hydrogen-bond acceptors (Lipinski definition) is 3. The molecule has 20 heavy (non-hydrogen) atoms. The standard InChI is InChI=1S/C15H27N3O2/c1-12(2)10-14(19)17-6-8-18(9-7-17)15(20)13-4-3-5-16-11-13/h12-13,16H,3-11H2,1-2H3. The number of hydrogen-bond donors (Lipinski definition) is 1. The van der Waals surface area contributed by atoms with Crippen molar-refractivity contribution >= 4 is 11.8 Å². The molecule has 2 aliphatic heterocycles. The lowest BCUT2D eigenvalue weighted by Crippen LogP contribution is -2.53. The van der Waals surface area contributed by atoms with Crippen LogP contribution in [0.4, 0.5) is 0 Å². The molecule has 5 nitrogen and oxygen atoms in total. The topological polar surface area (TPSA) is 52.7 Å². The summed E-state index contributed by atoms with van der Waals surface area (Å²) < 4.78 is 0. The molecule has 0 bridgehead atoms. The summed E-state index contributed by atoms with van der Waals surface area (Å²) in [6.45, 7) is 8.74. The van der Waals surface area contributed by atoms with E-state index in [2.05, 4.69) is 19.2 Å². The number of nitrogens with zero attached hydrogens (tertiary/aromatic N) is 2. The Morgan fingerprint density at radius 1 is 1.15 bits per heavy atom. The van der Waals surface area contributed by atoms with Crippen molar-refractivity contribution in [2.45, 2.75) is 33.1 Å². The molecule has 2 rings (SSSR count). The maximum Gasteiger partial charge on any atom is 0.227 e. The van der Waals surface area contributed by atoms with Crippen LogP contribution >= 0.6 is 0 Å². The molecule has 2 aliphatic rings. The summed E-state index contributed by atoms with van der Waals surface area (Å²) in [5.41, 5.74) is 0. The Kier molecular flexibility index (Phi) is 5.40. The number of amides is 2. The van der Waals surface area contributed by atoms with Crippen LogP contribution in [0.3, 0.4) is 0 Å². The van der Waals surface area contributed by atoms with Gasteiger partial charge in [-0.2, -0.15) is 0 Å². The van der Waals surface area contributed by atoms with E-state index in [4.69, 9.17) is 0 Å². The first-order chi connectivity index (χ1) is 9.58. The lowest BCUT2D eigenvalue weighted by molar-refractivity contribution is -0.142. The van der Waals surface area contributed by atoms with Crippen molar-refractivity contribution in [3.05, 3.63) is 0 Å². The van der Waals surface area contributed by atoms with E-state index < -0.39 is 0 Å². The van der Waals surface area contributed by atoms with Crippen LogP contribution in [0, 0.1) is 11.8 Å². The molecule has 0 aromatic heterocycles. The fraction of sp³-hybridized carbons (Fsp3) is 0.867. The Morgan fingerprint density at radius 3 is 2.35 bits per heavy atom. The van der Waals surface area contributed by atoms with Gasteiger partial charge in [0.2, 0.25) is 11.8 Å². The molecule has 2 saturated heterocycles. The fourth-order valence-electron chi connectivity index (χ4n) is 2.98. The molecule has 2 fully saturated rings. The molecule has 0 aromatic rings. The zero-order chi connectivity index (χ0) is 14.5.